The maximum absolute atomic E-state index is 13.5. The number of carbonyl (C=O) groups is 1. The van der Waals surface area contributed by atoms with Crippen LogP contribution in [0.1, 0.15) is 32.7 Å². The van der Waals surface area contributed by atoms with E-state index in [2.05, 4.69) is 4.98 Å². The van der Waals surface area contributed by atoms with E-state index in [-0.39, 0.29) is 17.7 Å². The van der Waals surface area contributed by atoms with Crippen LogP contribution in [-0.4, -0.2) is 16.1 Å². The van der Waals surface area contributed by atoms with Crippen LogP contribution in [0.5, 0.6) is 5.75 Å². The minimum atomic E-state index is -1.12. The van der Waals surface area contributed by atoms with E-state index in [1.807, 2.05) is 12.1 Å². The van der Waals surface area contributed by atoms with Gasteiger partial charge in [-0.25, -0.2) is 18.6 Å². The van der Waals surface area contributed by atoms with E-state index < -0.39 is 17.6 Å². The molecule has 0 bridgehead atoms. The number of pyridine rings is 1. The molecule has 1 N–H and O–H groups in total. The summed E-state index contributed by atoms with van der Waals surface area (Å²) in [6.07, 6.45) is 3.56. The number of rotatable bonds is 6. The monoisotopic (exact) mass is 442 g/mol. The number of hydrogen-bond donors (Lipinski definition) is 1. The van der Waals surface area contributed by atoms with Gasteiger partial charge in [0.15, 0.2) is 11.6 Å². The summed E-state index contributed by atoms with van der Waals surface area (Å²) in [4.78, 5) is 15.7. The zero-order valence-corrected chi connectivity index (χ0v) is 17.1. The SMILES string of the molecule is N#Cc1cccc(C(=O)O)c1COc1ccc(/C=C/c2ccc3cc(F)c(F)cc3n2)cc1. The largest absolute Gasteiger partial charge is 0.489 e. The molecule has 0 aliphatic heterocycles. The Morgan fingerprint density at radius 2 is 1.79 bits per heavy atom. The normalized spacial score (nSPS) is 10.9. The Hall–Kier alpha value is -4.57. The number of benzene rings is 3. The van der Waals surface area contributed by atoms with Crippen LogP contribution in [0, 0.1) is 23.0 Å². The lowest BCUT2D eigenvalue weighted by molar-refractivity contribution is 0.0694. The molecule has 162 valence electrons. The van der Waals surface area contributed by atoms with Gasteiger partial charge in [-0.2, -0.15) is 5.26 Å². The Kier molecular flexibility index (Phi) is 6.09. The Morgan fingerprint density at radius 3 is 2.52 bits per heavy atom. The highest BCUT2D eigenvalue weighted by Crippen LogP contribution is 2.21. The van der Waals surface area contributed by atoms with Crippen LogP contribution in [0.15, 0.2) is 66.7 Å². The number of fused-ring (bicyclic) bond motifs is 1. The van der Waals surface area contributed by atoms with Gasteiger partial charge in [0.25, 0.3) is 0 Å². The first-order valence-electron chi connectivity index (χ1n) is 9.86. The molecular weight excluding hydrogens is 426 g/mol. The third-order valence-corrected chi connectivity index (χ3v) is 4.99. The smallest absolute Gasteiger partial charge is 0.336 e. The first-order chi connectivity index (χ1) is 15.9. The summed E-state index contributed by atoms with van der Waals surface area (Å²) in [6.45, 7) is -0.0568. The Balaban J connectivity index is 1.47. The van der Waals surface area contributed by atoms with Gasteiger partial charge >= 0.3 is 5.97 Å². The molecule has 0 spiro atoms. The van der Waals surface area contributed by atoms with Gasteiger partial charge in [0.2, 0.25) is 0 Å². The molecule has 1 aromatic heterocycles. The van der Waals surface area contributed by atoms with Gasteiger partial charge in [0.1, 0.15) is 12.4 Å². The number of nitrogens with zero attached hydrogens (tertiary/aromatic N) is 2. The van der Waals surface area contributed by atoms with Gasteiger partial charge in [0, 0.05) is 17.0 Å². The second kappa shape index (κ2) is 9.28. The highest BCUT2D eigenvalue weighted by Gasteiger charge is 2.14. The number of aromatic nitrogens is 1. The fraction of sp³-hybridized carbons (Fsp3) is 0.0385. The van der Waals surface area contributed by atoms with Crippen molar-refractivity contribution in [3.05, 3.63) is 106 Å². The fourth-order valence-corrected chi connectivity index (χ4v) is 3.29. The van der Waals surface area contributed by atoms with Crippen LogP contribution in [0.3, 0.4) is 0 Å². The van der Waals surface area contributed by atoms with Gasteiger partial charge in [-0.3, -0.25) is 0 Å². The van der Waals surface area contributed by atoms with Gasteiger partial charge in [-0.15, -0.1) is 0 Å². The minimum absolute atomic E-state index is 0.0270. The fourth-order valence-electron chi connectivity index (χ4n) is 3.29. The summed E-state index contributed by atoms with van der Waals surface area (Å²) in [5.74, 6) is -2.47. The summed E-state index contributed by atoms with van der Waals surface area (Å²) >= 11 is 0. The molecule has 4 aromatic rings. The second-order valence-electron chi connectivity index (χ2n) is 7.13. The molecule has 7 heteroatoms. The average Bonchev–Trinajstić information content (AvgIpc) is 2.82. The van der Waals surface area contributed by atoms with Crippen LogP contribution < -0.4 is 4.74 Å². The summed E-state index contributed by atoms with van der Waals surface area (Å²) < 4.78 is 32.5. The van der Waals surface area contributed by atoms with Crippen molar-refractivity contribution < 1.29 is 23.4 Å². The molecule has 3 aromatic carbocycles. The second-order valence-corrected chi connectivity index (χ2v) is 7.13. The molecular formula is C26H16F2N2O3. The molecule has 0 aliphatic rings. The highest BCUT2D eigenvalue weighted by molar-refractivity contribution is 5.90. The molecule has 4 rings (SSSR count). The van der Waals surface area contributed by atoms with E-state index in [9.17, 15) is 23.9 Å². The van der Waals surface area contributed by atoms with Crippen LogP contribution in [0.25, 0.3) is 23.1 Å². The lowest BCUT2D eigenvalue weighted by atomic mass is 10.0. The lowest BCUT2D eigenvalue weighted by Gasteiger charge is -2.10. The number of carboxylic acid groups (broad SMARTS) is 1. The van der Waals surface area contributed by atoms with Crippen LogP contribution in [-0.2, 0) is 6.61 Å². The number of hydrogen-bond acceptors (Lipinski definition) is 4. The molecule has 0 saturated heterocycles. The van der Waals surface area contributed by atoms with Gasteiger partial charge in [-0.1, -0.05) is 30.3 Å². The third kappa shape index (κ3) is 4.86. The van der Waals surface area contributed by atoms with Gasteiger partial charge in [-0.05, 0) is 48.0 Å². The van der Waals surface area contributed by atoms with E-state index in [1.54, 1.807) is 48.5 Å². The molecule has 0 unspecified atom stereocenters. The molecule has 33 heavy (non-hydrogen) atoms. The topological polar surface area (TPSA) is 83.2 Å². The molecule has 0 radical (unpaired) electrons. The van der Waals surface area contributed by atoms with Gasteiger partial charge < -0.3 is 9.84 Å². The first kappa shape index (κ1) is 21.7. The standard InChI is InChI=1S/C26H16F2N2O3/c27-23-12-17-7-9-19(30-25(17)13-24(23)28)8-4-16-5-10-20(11-6-16)33-15-22-18(14-29)2-1-3-21(22)26(31)32/h1-13H,15H2,(H,31,32)/b8-4+. The van der Waals surface area contributed by atoms with Crippen molar-refractivity contribution in [2.24, 2.45) is 0 Å². The van der Waals surface area contributed by atoms with Crippen LogP contribution in [0.4, 0.5) is 8.78 Å². The predicted molar refractivity (Wildman–Crippen MR) is 119 cm³/mol. The number of halogens is 2. The third-order valence-electron chi connectivity index (χ3n) is 4.99. The highest BCUT2D eigenvalue weighted by atomic mass is 19.2. The van der Waals surface area contributed by atoms with Crippen molar-refractivity contribution in [3.8, 4) is 11.8 Å². The molecule has 0 atom stereocenters. The zero-order valence-electron chi connectivity index (χ0n) is 17.1. The summed E-state index contributed by atoms with van der Waals surface area (Å²) in [7, 11) is 0. The Labute approximate surface area is 187 Å². The molecule has 1 heterocycles. The van der Waals surface area contributed by atoms with Crippen molar-refractivity contribution >= 4 is 29.0 Å². The predicted octanol–water partition coefficient (Wildman–Crippen LogP) is 5.83. The molecule has 0 fully saturated rings. The average molecular weight is 442 g/mol. The van der Waals surface area contributed by atoms with Crippen molar-refractivity contribution in [3.63, 3.8) is 0 Å². The summed E-state index contributed by atoms with van der Waals surface area (Å²) in [6, 6.07) is 19.1. The van der Waals surface area contributed by atoms with E-state index in [0.717, 1.165) is 17.7 Å². The molecule has 0 aliphatic carbocycles. The number of ether oxygens (including phenoxy) is 1. The van der Waals surface area contributed by atoms with Gasteiger partial charge in [0.05, 0.1) is 28.4 Å². The van der Waals surface area contributed by atoms with Crippen molar-refractivity contribution in [1.82, 2.24) is 4.98 Å². The summed E-state index contributed by atoms with van der Waals surface area (Å²) in [5.41, 5.74) is 2.38. The van der Waals surface area contributed by atoms with Crippen molar-refractivity contribution in [1.29, 1.82) is 5.26 Å². The zero-order chi connectivity index (χ0) is 23.4. The maximum atomic E-state index is 13.5. The quantitative estimate of drug-likeness (QED) is 0.406. The molecule has 0 amide bonds. The molecule has 5 nitrogen and oxygen atoms in total. The molecule has 0 saturated carbocycles. The van der Waals surface area contributed by atoms with E-state index in [0.29, 0.717) is 27.9 Å². The minimum Gasteiger partial charge on any atom is -0.489 e. The van der Waals surface area contributed by atoms with Crippen LogP contribution in [0.2, 0.25) is 0 Å². The number of carboxylic acids is 1. The summed E-state index contributed by atoms with van der Waals surface area (Å²) in [5, 5.41) is 19.1. The number of nitriles is 1. The maximum Gasteiger partial charge on any atom is 0.336 e. The first-order valence-corrected chi connectivity index (χ1v) is 9.86. The Bertz CT molecular complexity index is 1420. The lowest BCUT2D eigenvalue weighted by Crippen LogP contribution is -2.08. The van der Waals surface area contributed by atoms with E-state index in [1.165, 1.54) is 12.1 Å². The van der Waals surface area contributed by atoms with Crippen molar-refractivity contribution in [2.45, 2.75) is 6.61 Å². The van der Waals surface area contributed by atoms with Crippen LogP contribution >= 0.6 is 0 Å². The Morgan fingerprint density at radius 1 is 1.03 bits per heavy atom. The van der Waals surface area contributed by atoms with E-state index in [4.69, 9.17) is 4.74 Å². The van der Waals surface area contributed by atoms with E-state index >= 15 is 0 Å². The number of aromatic carboxylic acids is 1. The van der Waals surface area contributed by atoms with Crippen molar-refractivity contribution in [2.75, 3.05) is 0 Å².